The van der Waals surface area contributed by atoms with Gasteiger partial charge in [0.1, 0.15) is 0 Å². The number of hydrogen-bond acceptors (Lipinski definition) is 2. The quantitative estimate of drug-likeness (QED) is 0.770. The number of carbonyl (C=O) groups is 1. The molecule has 22 heavy (non-hydrogen) atoms. The number of nitrogens with zero attached hydrogens (tertiary/aromatic N) is 1. The highest BCUT2D eigenvalue weighted by atomic mass is 32.1. The van der Waals surface area contributed by atoms with Crippen LogP contribution in [0.2, 0.25) is 0 Å². The third-order valence-electron chi connectivity index (χ3n) is 6.23. The van der Waals surface area contributed by atoms with Gasteiger partial charge in [0.15, 0.2) is 0 Å². The molecule has 4 fully saturated rings. The van der Waals surface area contributed by atoms with Crippen molar-refractivity contribution >= 4 is 17.2 Å². The summed E-state index contributed by atoms with van der Waals surface area (Å²) in [7, 11) is 0. The van der Waals surface area contributed by atoms with Gasteiger partial charge in [0.2, 0.25) is 5.91 Å². The number of carbonyl (C=O) groups excluding carboxylic acids is 1. The maximum atomic E-state index is 13.4. The summed E-state index contributed by atoms with van der Waals surface area (Å²) >= 11 is 1.73. The Bertz CT molecular complexity index is 500. The van der Waals surface area contributed by atoms with Crippen LogP contribution >= 0.6 is 11.3 Å². The molecule has 2 nitrogen and oxygen atoms in total. The monoisotopic (exact) mass is 317 g/mol. The van der Waals surface area contributed by atoms with E-state index in [4.69, 9.17) is 0 Å². The van der Waals surface area contributed by atoms with Gasteiger partial charge in [-0.2, -0.15) is 11.3 Å². The van der Waals surface area contributed by atoms with Gasteiger partial charge in [-0.05, 0) is 85.1 Å². The lowest BCUT2D eigenvalue weighted by molar-refractivity contribution is -0.158. The fourth-order valence-corrected chi connectivity index (χ4v) is 6.49. The Balaban J connectivity index is 1.55. The van der Waals surface area contributed by atoms with Gasteiger partial charge >= 0.3 is 0 Å². The number of thiophene rings is 1. The summed E-state index contributed by atoms with van der Waals surface area (Å²) in [6, 6.07) is 2.17. The Morgan fingerprint density at radius 1 is 1.23 bits per heavy atom. The Labute approximate surface area is 137 Å². The van der Waals surface area contributed by atoms with Crippen molar-refractivity contribution in [2.75, 3.05) is 6.54 Å². The molecule has 1 heterocycles. The molecule has 4 aliphatic carbocycles. The molecular weight excluding hydrogens is 290 g/mol. The van der Waals surface area contributed by atoms with E-state index in [1.54, 1.807) is 11.3 Å². The third kappa shape index (κ3) is 2.51. The van der Waals surface area contributed by atoms with Crippen LogP contribution in [0.1, 0.15) is 57.4 Å². The van der Waals surface area contributed by atoms with E-state index in [-0.39, 0.29) is 5.41 Å². The van der Waals surface area contributed by atoms with Gasteiger partial charge in [-0.1, -0.05) is 6.92 Å². The third-order valence-corrected chi connectivity index (χ3v) is 6.96. The SMILES string of the molecule is CCCN(Cc1ccsc1)C(=O)C12CC3CC(CC(C3)C1)C2. The molecule has 0 spiro atoms. The molecule has 5 rings (SSSR count). The predicted octanol–water partition coefficient (Wildman–Crippen LogP) is 4.70. The minimum Gasteiger partial charge on any atom is -0.338 e. The largest absolute Gasteiger partial charge is 0.338 e. The van der Waals surface area contributed by atoms with Gasteiger partial charge in [0, 0.05) is 13.1 Å². The average molecular weight is 317 g/mol. The fourth-order valence-electron chi connectivity index (χ4n) is 5.83. The van der Waals surface area contributed by atoms with Gasteiger partial charge in [0.25, 0.3) is 0 Å². The van der Waals surface area contributed by atoms with Crippen molar-refractivity contribution in [3.63, 3.8) is 0 Å². The van der Waals surface area contributed by atoms with Crippen LogP contribution in [0.4, 0.5) is 0 Å². The number of rotatable bonds is 5. The molecule has 0 aliphatic heterocycles. The van der Waals surface area contributed by atoms with Crippen molar-refractivity contribution in [2.45, 2.75) is 58.4 Å². The van der Waals surface area contributed by atoms with Crippen LogP contribution < -0.4 is 0 Å². The van der Waals surface area contributed by atoms with E-state index < -0.39 is 0 Å². The highest BCUT2D eigenvalue weighted by Gasteiger charge is 2.55. The highest BCUT2D eigenvalue weighted by Crippen LogP contribution is 2.60. The van der Waals surface area contributed by atoms with Crippen LogP contribution in [-0.2, 0) is 11.3 Å². The summed E-state index contributed by atoms with van der Waals surface area (Å²) in [5, 5.41) is 4.31. The normalized spacial score (nSPS) is 35.8. The zero-order chi connectivity index (χ0) is 15.2. The first kappa shape index (κ1) is 14.7. The second-order valence-electron chi connectivity index (χ2n) is 8.06. The standard InChI is InChI=1S/C19H27NOS/c1-2-4-20(12-14-3-5-22-13-14)18(21)19-9-15-6-16(10-19)8-17(7-15)11-19/h3,5,13,15-17H,2,4,6-12H2,1H3. The lowest BCUT2D eigenvalue weighted by Gasteiger charge is -2.56. The van der Waals surface area contributed by atoms with Gasteiger partial charge in [-0.25, -0.2) is 0 Å². The molecule has 4 saturated carbocycles. The van der Waals surface area contributed by atoms with E-state index in [1.807, 2.05) is 0 Å². The molecule has 0 radical (unpaired) electrons. The Morgan fingerprint density at radius 2 is 1.86 bits per heavy atom. The summed E-state index contributed by atoms with van der Waals surface area (Å²) in [4.78, 5) is 15.6. The zero-order valence-corrected chi connectivity index (χ0v) is 14.4. The van der Waals surface area contributed by atoms with Crippen molar-refractivity contribution in [2.24, 2.45) is 23.2 Å². The van der Waals surface area contributed by atoms with Crippen LogP contribution in [0, 0.1) is 23.2 Å². The zero-order valence-electron chi connectivity index (χ0n) is 13.6. The molecule has 4 aliphatic rings. The minimum absolute atomic E-state index is 0.0138. The van der Waals surface area contributed by atoms with Crippen molar-refractivity contribution < 1.29 is 4.79 Å². The number of amides is 1. The molecule has 0 unspecified atom stereocenters. The van der Waals surface area contributed by atoms with E-state index in [9.17, 15) is 4.79 Å². The van der Waals surface area contributed by atoms with Crippen molar-refractivity contribution in [3.8, 4) is 0 Å². The molecule has 1 aromatic heterocycles. The Hall–Kier alpha value is -0.830. The molecule has 120 valence electrons. The lowest BCUT2D eigenvalue weighted by atomic mass is 9.49. The van der Waals surface area contributed by atoms with Crippen molar-refractivity contribution in [1.82, 2.24) is 4.90 Å². The first-order chi connectivity index (χ1) is 10.7. The highest BCUT2D eigenvalue weighted by molar-refractivity contribution is 7.07. The summed E-state index contributed by atoms with van der Waals surface area (Å²) < 4.78 is 0. The minimum atomic E-state index is 0.0138. The summed E-state index contributed by atoms with van der Waals surface area (Å²) in [5.74, 6) is 3.03. The van der Waals surface area contributed by atoms with Gasteiger partial charge in [-0.15, -0.1) is 0 Å². The van der Waals surface area contributed by atoms with Crippen molar-refractivity contribution in [1.29, 1.82) is 0 Å². The van der Waals surface area contributed by atoms with Gasteiger partial charge in [0.05, 0.1) is 5.41 Å². The molecule has 0 atom stereocenters. The summed E-state index contributed by atoms with van der Waals surface area (Å²) in [6.07, 6.45) is 8.83. The average Bonchev–Trinajstić information content (AvgIpc) is 2.97. The van der Waals surface area contributed by atoms with Gasteiger partial charge < -0.3 is 4.90 Å². The second-order valence-corrected chi connectivity index (χ2v) is 8.84. The first-order valence-electron chi connectivity index (χ1n) is 8.99. The maximum Gasteiger partial charge on any atom is 0.229 e. The van der Waals surface area contributed by atoms with E-state index in [2.05, 4.69) is 28.7 Å². The van der Waals surface area contributed by atoms with E-state index in [0.717, 1.165) is 37.3 Å². The van der Waals surface area contributed by atoms with Gasteiger partial charge in [-0.3, -0.25) is 4.79 Å². The van der Waals surface area contributed by atoms with Crippen LogP contribution in [0.3, 0.4) is 0 Å². The maximum absolute atomic E-state index is 13.4. The Morgan fingerprint density at radius 3 is 2.36 bits per heavy atom. The Kier molecular flexibility index (Phi) is 3.80. The van der Waals surface area contributed by atoms with Crippen LogP contribution in [0.25, 0.3) is 0 Å². The van der Waals surface area contributed by atoms with Crippen LogP contribution in [-0.4, -0.2) is 17.4 Å². The van der Waals surface area contributed by atoms with Crippen LogP contribution in [0.5, 0.6) is 0 Å². The topological polar surface area (TPSA) is 20.3 Å². The summed E-state index contributed by atoms with van der Waals surface area (Å²) in [5.41, 5.74) is 1.32. The smallest absolute Gasteiger partial charge is 0.229 e. The molecule has 4 bridgehead atoms. The molecule has 0 saturated heterocycles. The summed E-state index contributed by atoms with van der Waals surface area (Å²) in [6.45, 7) is 3.92. The predicted molar refractivity (Wildman–Crippen MR) is 90.6 cm³/mol. The lowest BCUT2D eigenvalue weighted by Crippen LogP contribution is -2.54. The number of hydrogen-bond donors (Lipinski definition) is 0. The molecule has 0 aromatic carbocycles. The van der Waals surface area contributed by atoms with E-state index in [1.165, 1.54) is 44.1 Å². The molecular formula is C19H27NOS. The molecule has 1 amide bonds. The fraction of sp³-hybridized carbons (Fsp3) is 0.737. The van der Waals surface area contributed by atoms with E-state index in [0.29, 0.717) is 5.91 Å². The second kappa shape index (κ2) is 5.67. The molecule has 3 heteroatoms. The van der Waals surface area contributed by atoms with E-state index >= 15 is 0 Å². The van der Waals surface area contributed by atoms with Crippen molar-refractivity contribution in [3.05, 3.63) is 22.4 Å². The molecule has 0 N–H and O–H groups in total. The van der Waals surface area contributed by atoms with Crippen LogP contribution in [0.15, 0.2) is 16.8 Å². The molecule has 1 aromatic rings. The first-order valence-corrected chi connectivity index (χ1v) is 9.93.